The molecule has 1 aromatic heterocycles. The number of β-amino-alcohol motifs (C(OH)–C–C–N with tert-alkyl or cyclic N) is 1. The molecule has 1 saturated heterocycles. The first-order valence-corrected chi connectivity index (χ1v) is 12.6. The summed E-state index contributed by atoms with van der Waals surface area (Å²) in [6, 6.07) is 17.9. The molecule has 0 saturated carbocycles. The maximum absolute atomic E-state index is 10.7. The Hall–Kier alpha value is -3.64. The van der Waals surface area contributed by atoms with E-state index < -0.39 is 0 Å². The summed E-state index contributed by atoms with van der Waals surface area (Å²) in [5.41, 5.74) is 6.39. The monoisotopic (exact) mass is 515 g/mol. The number of nitrogens with zero attached hydrogens (tertiary/aromatic N) is 7. The molecule has 3 heterocycles. The first-order chi connectivity index (χ1) is 17.8. The zero-order valence-electron chi connectivity index (χ0n) is 21.3. The highest BCUT2D eigenvalue weighted by molar-refractivity contribution is 6.33. The average molecular weight is 516 g/mol. The third-order valence-electron chi connectivity index (χ3n) is 7.19. The molecule has 0 aliphatic carbocycles. The van der Waals surface area contributed by atoms with Crippen molar-refractivity contribution in [2.24, 2.45) is 16.1 Å². The van der Waals surface area contributed by atoms with Gasteiger partial charge < -0.3 is 24.4 Å². The summed E-state index contributed by atoms with van der Waals surface area (Å²) < 4.78 is 2.04. The van der Waals surface area contributed by atoms with Crippen molar-refractivity contribution in [2.75, 3.05) is 50.6 Å². The number of fused-ring (bicyclic) bond motifs is 2. The van der Waals surface area contributed by atoms with E-state index in [0.29, 0.717) is 29.6 Å². The minimum atomic E-state index is -0.359. The molecule has 0 radical (unpaired) electrons. The van der Waals surface area contributed by atoms with Crippen molar-refractivity contribution < 1.29 is 5.11 Å². The van der Waals surface area contributed by atoms with Gasteiger partial charge in [-0.2, -0.15) is 10.4 Å². The molecular formula is C28H30ClN7O. The van der Waals surface area contributed by atoms with Gasteiger partial charge in [0.15, 0.2) is 5.84 Å². The number of aromatic nitrogens is 1. The van der Waals surface area contributed by atoms with Gasteiger partial charge in [-0.05, 0) is 61.6 Å². The lowest BCUT2D eigenvalue weighted by Gasteiger charge is -2.24. The van der Waals surface area contributed by atoms with Gasteiger partial charge in [0.1, 0.15) is 5.15 Å². The van der Waals surface area contributed by atoms with Crippen LogP contribution in [0.1, 0.15) is 16.8 Å². The molecular weight excluding hydrogens is 486 g/mol. The molecule has 190 valence electrons. The van der Waals surface area contributed by atoms with Crippen LogP contribution in [0.3, 0.4) is 0 Å². The highest BCUT2D eigenvalue weighted by atomic mass is 35.5. The standard InChI is InChI=1S/C28H30ClN7O/c1-31-32-28-25-12-23(19-7-5-18(13-30)6-8-19)27(29)36(25)16-20-11-22(9-10-24(20)34(28)4)35-15-21(14-33(2)3)26(37)17-35/h5-12,21,26,37H,1,14-17H2,2-4H3/b32-28-/t21-,26+/m1/s1. The van der Waals surface area contributed by atoms with E-state index in [-0.39, 0.29) is 12.0 Å². The van der Waals surface area contributed by atoms with Gasteiger partial charge in [-0.3, -0.25) is 0 Å². The number of hydrogen-bond acceptors (Lipinski definition) is 6. The molecule has 2 aliphatic heterocycles. The van der Waals surface area contributed by atoms with E-state index in [1.165, 1.54) is 0 Å². The van der Waals surface area contributed by atoms with Gasteiger partial charge in [-0.1, -0.05) is 23.7 Å². The van der Waals surface area contributed by atoms with Crippen molar-refractivity contribution >= 4 is 35.5 Å². The zero-order valence-corrected chi connectivity index (χ0v) is 22.0. The van der Waals surface area contributed by atoms with Crippen LogP contribution in [-0.4, -0.2) is 74.0 Å². The predicted octanol–water partition coefficient (Wildman–Crippen LogP) is 3.90. The van der Waals surface area contributed by atoms with Gasteiger partial charge in [-0.25, -0.2) is 0 Å². The van der Waals surface area contributed by atoms with Crippen molar-refractivity contribution in [1.82, 2.24) is 9.47 Å². The molecule has 0 unspecified atom stereocenters. The van der Waals surface area contributed by atoms with Crippen LogP contribution in [0.25, 0.3) is 11.1 Å². The van der Waals surface area contributed by atoms with Gasteiger partial charge in [-0.15, -0.1) is 5.10 Å². The largest absolute Gasteiger partial charge is 0.391 e. The van der Waals surface area contributed by atoms with E-state index >= 15 is 0 Å². The van der Waals surface area contributed by atoms with Crippen LogP contribution >= 0.6 is 11.6 Å². The Bertz CT molecular complexity index is 1400. The van der Waals surface area contributed by atoms with E-state index in [1.54, 1.807) is 12.1 Å². The molecule has 0 spiro atoms. The third kappa shape index (κ3) is 4.62. The van der Waals surface area contributed by atoms with Gasteiger partial charge in [0.05, 0.1) is 30.0 Å². The van der Waals surface area contributed by atoms with Crippen LogP contribution in [0.15, 0.2) is 58.7 Å². The molecule has 1 fully saturated rings. The summed E-state index contributed by atoms with van der Waals surface area (Å²) in [5.74, 6) is 0.847. The van der Waals surface area contributed by atoms with E-state index in [0.717, 1.165) is 46.8 Å². The summed E-state index contributed by atoms with van der Waals surface area (Å²) >= 11 is 6.99. The van der Waals surface area contributed by atoms with Gasteiger partial charge in [0, 0.05) is 56.3 Å². The van der Waals surface area contributed by atoms with Crippen LogP contribution in [0.4, 0.5) is 11.4 Å². The number of hydrogen-bond donors (Lipinski definition) is 1. The quantitative estimate of drug-likeness (QED) is 0.411. The first kappa shape index (κ1) is 25.0. The second kappa shape index (κ2) is 10.0. The highest BCUT2D eigenvalue weighted by Gasteiger charge is 2.33. The Balaban J connectivity index is 1.55. The van der Waals surface area contributed by atoms with Crippen LogP contribution in [0.2, 0.25) is 5.15 Å². The number of aliphatic hydroxyl groups is 1. The Morgan fingerprint density at radius 2 is 1.92 bits per heavy atom. The fourth-order valence-electron chi connectivity index (χ4n) is 5.37. The summed E-state index contributed by atoms with van der Waals surface area (Å²) in [6.07, 6.45) is -0.359. The SMILES string of the molecule is C=N/N=C1/c2cc(-c3ccc(C#N)cc3)c(Cl)n2Cc2cc(N3C[C@@H](CN(C)C)[C@@H](O)C3)ccc2N1C. The van der Waals surface area contributed by atoms with Gasteiger partial charge in [0.2, 0.25) is 0 Å². The molecule has 2 aromatic carbocycles. The third-order valence-corrected chi connectivity index (χ3v) is 7.60. The van der Waals surface area contributed by atoms with Crippen LogP contribution in [0.5, 0.6) is 0 Å². The summed E-state index contributed by atoms with van der Waals surface area (Å²) in [7, 11) is 6.04. The fraction of sp³-hybridized carbons (Fsp3) is 0.321. The van der Waals surface area contributed by atoms with E-state index in [2.05, 4.69) is 51.0 Å². The zero-order chi connectivity index (χ0) is 26.3. The molecule has 0 bridgehead atoms. The first-order valence-electron chi connectivity index (χ1n) is 12.2. The van der Waals surface area contributed by atoms with Crippen molar-refractivity contribution in [2.45, 2.75) is 12.6 Å². The number of amidine groups is 1. The number of benzene rings is 2. The molecule has 9 heteroatoms. The number of nitriles is 1. The van der Waals surface area contributed by atoms with E-state index in [4.69, 9.17) is 16.9 Å². The lowest BCUT2D eigenvalue weighted by Crippen LogP contribution is -2.29. The van der Waals surface area contributed by atoms with Crippen molar-refractivity contribution in [3.8, 4) is 17.2 Å². The van der Waals surface area contributed by atoms with Crippen LogP contribution < -0.4 is 9.80 Å². The molecule has 0 amide bonds. The molecule has 3 aromatic rings. The van der Waals surface area contributed by atoms with E-state index in [1.807, 2.05) is 48.8 Å². The minimum absolute atomic E-state index is 0.203. The Kier molecular flexibility index (Phi) is 6.78. The van der Waals surface area contributed by atoms with Gasteiger partial charge >= 0.3 is 0 Å². The van der Waals surface area contributed by atoms with Crippen molar-refractivity contribution in [3.63, 3.8) is 0 Å². The molecule has 5 rings (SSSR count). The number of rotatable bonds is 5. The minimum Gasteiger partial charge on any atom is -0.391 e. The Morgan fingerprint density at radius 1 is 1.16 bits per heavy atom. The number of halogens is 1. The predicted molar refractivity (Wildman–Crippen MR) is 150 cm³/mol. The molecule has 2 atom stereocenters. The Morgan fingerprint density at radius 3 is 2.59 bits per heavy atom. The average Bonchev–Trinajstić information content (AvgIpc) is 3.37. The second-order valence-corrected chi connectivity index (χ2v) is 10.3. The van der Waals surface area contributed by atoms with Crippen molar-refractivity contribution in [3.05, 3.63) is 70.5 Å². The number of anilines is 2. The summed E-state index contributed by atoms with van der Waals surface area (Å²) in [5, 5.41) is 28.6. The molecule has 37 heavy (non-hydrogen) atoms. The molecule has 8 nitrogen and oxygen atoms in total. The Labute approximate surface area is 222 Å². The maximum Gasteiger partial charge on any atom is 0.179 e. The normalized spacial score (nSPS) is 20.1. The lowest BCUT2D eigenvalue weighted by atomic mass is 10.1. The maximum atomic E-state index is 10.7. The molecule has 1 N–H and O–H groups in total. The van der Waals surface area contributed by atoms with Crippen molar-refractivity contribution in [1.29, 1.82) is 5.26 Å². The van der Waals surface area contributed by atoms with Crippen LogP contribution in [0, 0.1) is 17.2 Å². The lowest BCUT2D eigenvalue weighted by molar-refractivity contribution is 0.130. The second-order valence-electron chi connectivity index (χ2n) is 9.94. The smallest absolute Gasteiger partial charge is 0.179 e. The summed E-state index contributed by atoms with van der Waals surface area (Å²) in [6.45, 7) is 6.39. The van der Waals surface area contributed by atoms with Gasteiger partial charge in [0.25, 0.3) is 0 Å². The highest BCUT2D eigenvalue weighted by Crippen LogP contribution is 2.38. The molecule has 2 aliphatic rings. The topological polar surface area (TPSA) is 83.4 Å². The van der Waals surface area contributed by atoms with E-state index in [9.17, 15) is 5.11 Å². The fourth-order valence-corrected chi connectivity index (χ4v) is 5.68. The van der Waals surface area contributed by atoms with Crippen LogP contribution in [-0.2, 0) is 6.54 Å². The summed E-state index contributed by atoms with van der Waals surface area (Å²) in [4.78, 5) is 6.39. The number of aliphatic hydroxyl groups excluding tert-OH is 1.